The van der Waals surface area contributed by atoms with Crippen molar-refractivity contribution in [2.24, 2.45) is 0 Å². The number of ether oxygens (including phenoxy) is 1. The average Bonchev–Trinajstić information content (AvgIpc) is 2.65. The number of carbonyl (C=O) groups is 1. The van der Waals surface area contributed by atoms with Gasteiger partial charge < -0.3 is 4.74 Å². The van der Waals surface area contributed by atoms with E-state index < -0.39 is 8.07 Å². The summed E-state index contributed by atoms with van der Waals surface area (Å²) in [6, 6.07) is 8.24. The van der Waals surface area contributed by atoms with E-state index in [0.29, 0.717) is 16.6 Å². The highest BCUT2D eigenvalue weighted by Gasteiger charge is 2.46. The van der Waals surface area contributed by atoms with Crippen LogP contribution in [0.5, 0.6) is 5.75 Å². The Morgan fingerprint density at radius 2 is 1.54 bits per heavy atom. The Balaban J connectivity index is 3.61. The lowest BCUT2D eigenvalue weighted by Gasteiger charge is -2.44. The molecule has 0 aliphatic rings. The number of methoxy groups -OCH3 is 1. The first-order valence-corrected chi connectivity index (χ1v) is 12.3. The summed E-state index contributed by atoms with van der Waals surface area (Å²) in [5, 5.41) is 2.53. The summed E-state index contributed by atoms with van der Waals surface area (Å²) >= 11 is 0. The van der Waals surface area contributed by atoms with Gasteiger partial charge in [0.05, 0.1) is 20.6 Å². The second kappa shape index (κ2) is 10.7. The van der Waals surface area contributed by atoms with Crippen LogP contribution < -0.4 is 4.74 Å². The van der Waals surface area contributed by atoms with Crippen LogP contribution >= 0.6 is 0 Å². The molecule has 0 saturated carbocycles. The molecule has 0 atom stereocenters. The molecule has 5 heteroatoms. The number of nitrogens with zero attached hydrogens (tertiary/aromatic N) is 1. The molecule has 0 bridgehead atoms. The minimum absolute atomic E-state index is 0.0880. The zero-order valence-corrected chi connectivity index (χ0v) is 20.0. The van der Waals surface area contributed by atoms with Crippen LogP contribution in [0.3, 0.4) is 0 Å². The number of benzene rings is 1. The average molecular weight is 404 g/mol. The van der Waals surface area contributed by atoms with Gasteiger partial charge in [0, 0.05) is 7.05 Å². The van der Waals surface area contributed by atoms with E-state index in [0.717, 1.165) is 5.75 Å². The van der Waals surface area contributed by atoms with Crippen molar-refractivity contribution in [2.75, 3.05) is 21.3 Å². The summed E-state index contributed by atoms with van der Waals surface area (Å²) in [7, 11) is 2.84. The molecule has 0 fully saturated rings. The number of hydrogen-bond donors (Lipinski definition) is 0. The van der Waals surface area contributed by atoms with Crippen molar-refractivity contribution in [3.8, 4) is 5.75 Å². The van der Waals surface area contributed by atoms with E-state index >= 15 is 0 Å². The maximum absolute atomic E-state index is 12.1. The van der Waals surface area contributed by atoms with E-state index in [4.69, 9.17) is 9.57 Å². The van der Waals surface area contributed by atoms with Gasteiger partial charge in [-0.2, -0.15) is 0 Å². The molecule has 1 amide bonds. The van der Waals surface area contributed by atoms with Gasteiger partial charge in [-0.1, -0.05) is 53.7 Å². The van der Waals surface area contributed by atoms with Crippen molar-refractivity contribution in [1.29, 1.82) is 0 Å². The summed E-state index contributed by atoms with van der Waals surface area (Å²) in [4.78, 5) is 17.1. The van der Waals surface area contributed by atoms with Crippen LogP contribution in [0.15, 0.2) is 36.1 Å². The highest BCUT2D eigenvalue weighted by molar-refractivity contribution is 6.99. The molecule has 0 saturated heterocycles. The van der Waals surface area contributed by atoms with Crippen LogP contribution in [0.2, 0.25) is 16.6 Å². The van der Waals surface area contributed by atoms with Crippen LogP contribution in [0.25, 0.3) is 5.20 Å². The Morgan fingerprint density at radius 3 is 1.93 bits per heavy atom. The number of hydrogen-bond acceptors (Lipinski definition) is 3. The fraction of sp³-hybridized carbons (Fsp3) is 0.565. The van der Waals surface area contributed by atoms with Gasteiger partial charge in [0.15, 0.2) is 0 Å². The van der Waals surface area contributed by atoms with Gasteiger partial charge in [0.25, 0.3) is 0 Å². The van der Waals surface area contributed by atoms with E-state index in [1.54, 1.807) is 14.2 Å². The molecule has 156 valence electrons. The molecule has 1 rings (SSSR count). The highest BCUT2D eigenvalue weighted by Crippen LogP contribution is 2.49. The highest BCUT2D eigenvalue weighted by atomic mass is 28.3. The minimum Gasteiger partial charge on any atom is -0.497 e. The van der Waals surface area contributed by atoms with Crippen LogP contribution in [-0.2, 0) is 9.63 Å². The summed E-state index contributed by atoms with van der Waals surface area (Å²) in [6.45, 7) is 14.0. The maximum Gasteiger partial charge on any atom is 0.250 e. The number of carbonyl (C=O) groups excluding carboxylic acids is 1. The van der Waals surface area contributed by atoms with E-state index in [1.807, 2.05) is 18.2 Å². The van der Waals surface area contributed by atoms with E-state index in [2.05, 4.69) is 59.4 Å². The van der Waals surface area contributed by atoms with Gasteiger partial charge in [-0.25, -0.2) is 5.06 Å². The Kier molecular flexibility index (Phi) is 9.22. The van der Waals surface area contributed by atoms with Crippen molar-refractivity contribution in [1.82, 2.24) is 5.06 Å². The van der Waals surface area contributed by atoms with Crippen molar-refractivity contribution in [2.45, 2.75) is 64.6 Å². The lowest BCUT2D eigenvalue weighted by atomic mass is 10.2. The first-order chi connectivity index (χ1) is 13.1. The molecular formula is C23H37NO3Si. The molecule has 0 aliphatic heterocycles. The Labute approximate surface area is 172 Å². The molecule has 4 nitrogen and oxygen atoms in total. The summed E-state index contributed by atoms with van der Waals surface area (Å²) in [5.41, 5.74) is 6.38. The van der Waals surface area contributed by atoms with Gasteiger partial charge in [0.1, 0.15) is 13.8 Å². The largest absolute Gasteiger partial charge is 0.497 e. The van der Waals surface area contributed by atoms with Crippen LogP contribution in [0.4, 0.5) is 0 Å². The molecule has 0 aromatic heterocycles. The molecule has 0 spiro atoms. The SMILES string of the molecule is COc1ccc(C(=C=CCC(=O)N(C)OC)[Si](C(C)C)(C(C)C)C(C)C)cc1. The second-order valence-corrected chi connectivity index (χ2v) is 14.0. The molecule has 0 aliphatic carbocycles. The maximum atomic E-state index is 12.1. The van der Waals surface area contributed by atoms with Crippen LogP contribution in [0, 0.1) is 0 Å². The van der Waals surface area contributed by atoms with Crippen molar-refractivity contribution >= 4 is 19.2 Å². The number of rotatable bonds is 9. The fourth-order valence-corrected chi connectivity index (χ4v) is 11.3. The minimum atomic E-state index is -1.96. The van der Waals surface area contributed by atoms with Crippen LogP contribution in [0.1, 0.15) is 53.5 Å². The zero-order valence-electron chi connectivity index (χ0n) is 19.0. The van der Waals surface area contributed by atoms with Gasteiger partial charge in [-0.3, -0.25) is 9.63 Å². The first kappa shape index (κ1) is 24.2. The third-order valence-electron chi connectivity index (χ3n) is 5.83. The standard InChI is InChI=1S/C23H37NO3Si/c1-17(2)28(18(3)4,19(5)6)22(11-10-12-23(25)24(7)27-9)20-13-15-21(26-8)16-14-20/h10,13-19H,12H2,1-9H3. The summed E-state index contributed by atoms with van der Waals surface area (Å²) < 4.78 is 5.34. The Bertz CT molecular complexity index is 679. The quantitative estimate of drug-likeness (QED) is 0.294. The molecule has 28 heavy (non-hydrogen) atoms. The number of amides is 1. The zero-order chi connectivity index (χ0) is 21.5. The summed E-state index contributed by atoms with van der Waals surface area (Å²) in [5.74, 6) is 0.755. The molecular weight excluding hydrogens is 366 g/mol. The second-order valence-electron chi connectivity index (χ2n) is 8.13. The molecule has 0 N–H and O–H groups in total. The lowest BCUT2D eigenvalue weighted by Crippen LogP contribution is -2.45. The van der Waals surface area contributed by atoms with E-state index in [1.165, 1.54) is 22.9 Å². The molecule has 0 unspecified atom stereocenters. The topological polar surface area (TPSA) is 38.8 Å². The van der Waals surface area contributed by atoms with Gasteiger partial charge in [-0.15, -0.1) is 5.73 Å². The van der Waals surface area contributed by atoms with Crippen molar-refractivity contribution in [3.63, 3.8) is 0 Å². The lowest BCUT2D eigenvalue weighted by molar-refractivity contribution is -0.167. The Morgan fingerprint density at radius 1 is 1.04 bits per heavy atom. The van der Waals surface area contributed by atoms with Crippen molar-refractivity contribution in [3.05, 3.63) is 41.6 Å². The first-order valence-electron chi connectivity index (χ1n) is 10.0. The normalized spacial score (nSPS) is 11.6. The predicted molar refractivity (Wildman–Crippen MR) is 120 cm³/mol. The Hall–Kier alpha value is -1.81. The molecule has 1 aromatic carbocycles. The van der Waals surface area contributed by atoms with Gasteiger partial charge in [-0.05, 0) is 45.6 Å². The third-order valence-corrected chi connectivity index (χ3v) is 12.9. The van der Waals surface area contributed by atoms with E-state index in [9.17, 15) is 4.79 Å². The van der Waals surface area contributed by atoms with E-state index in [-0.39, 0.29) is 12.3 Å². The predicted octanol–water partition coefficient (Wildman–Crippen LogP) is 5.86. The van der Waals surface area contributed by atoms with Gasteiger partial charge >= 0.3 is 0 Å². The molecule has 0 radical (unpaired) electrons. The monoisotopic (exact) mass is 403 g/mol. The van der Waals surface area contributed by atoms with Gasteiger partial charge in [0.2, 0.25) is 5.91 Å². The van der Waals surface area contributed by atoms with Crippen molar-refractivity contribution < 1.29 is 14.4 Å². The molecule has 1 aromatic rings. The van der Waals surface area contributed by atoms with Crippen LogP contribution in [-0.4, -0.2) is 40.3 Å². The fourth-order valence-electron chi connectivity index (χ4n) is 4.55. The molecule has 0 heterocycles. The smallest absolute Gasteiger partial charge is 0.250 e. The summed E-state index contributed by atoms with van der Waals surface area (Å²) in [6.07, 6.45) is 2.13. The number of hydroxylamine groups is 2. The third kappa shape index (κ3) is 5.16.